The van der Waals surface area contributed by atoms with Crippen molar-refractivity contribution in [3.63, 3.8) is 0 Å². The van der Waals surface area contributed by atoms with Gasteiger partial charge in [0.05, 0.1) is 12.0 Å². The molecule has 0 aromatic rings. The Morgan fingerprint density at radius 3 is 2.88 bits per heavy atom. The molecule has 2 nitrogen and oxygen atoms in total. The molecule has 5 atom stereocenters. The van der Waals surface area contributed by atoms with Gasteiger partial charge in [-0.1, -0.05) is 13.3 Å². The topological polar surface area (TPSA) is 26.3 Å². The quantitative estimate of drug-likeness (QED) is 0.589. The number of hydrogen-bond donors (Lipinski definition) is 0. The van der Waals surface area contributed by atoms with E-state index in [9.17, 15) is 4.79 Å². The van der Waals surface area contributed by atoms with Crippen LogP contribution < -0.4 is 0 Å². The Bertz CT molecular complexity index is 312. The number of esters is 1. The van der Waals surface area contributed by atoms with Crippen molar-refractivity contribution in [2.75, 3.05) is 6.61 Å². The van der Waals surface area contributed by atoms with Gasteiger partial charge in [-0.3, -0.25) is 4.79 Å². The summed E-state index contributed by atoms with van der Waals surface area (Å²) in [5.41, 5.74) is -0.136. The molecule has 2 heteroatoms. The lowest BCUT2D eigenvalue weighted by Gasteiger charge is -2.48. The second kappa shape index (κ2) is 3.48. The number of carbonyl (C=O) groups is 1. The molecule has 1 heterocycles. The minimum Gasteiger partial charge on any atom is -0.465 e. The average molecular weight is 222 g/mol. The van der Waals surface area contributed by atoms with Crippen LogP contribution in [-0.4, -0.2) is 12.6 Å². The molecule has 1 saturated heterocycles. The third-order valence-corrected chi connectivity index (χ3v) is 5.60. The normalized spacial score (nSPS) is 51.8. The number of fused-ring (bicyclic) bond motifs is 3. The second-order valence-electron chi connectivity index (χ2n) is 6.44. The number of hydrogen-bond acceptors (Lipinski definition) is 2. The molecule has 3 rings (SSSR count). The maximum absolute atomic E-state index is 12.0. The van der Waals surface area contributed by atoms with Crippen LogP contribution >= 0.6 is 0 Å². The van der Waals surface area contributed by atoms with Crippen LogP contribution in [0.5, 0.6) is 0 Å². The zero-order valence-corrected chi connectivity index (χ0v) is 10.4. The summed E-state index contributed by atoms with van der Waals surface area (Å²) in [4.78, 5) is 12.0. The van der Waals surface area contributed by atoms with Crippen LogP contribution in [0.1, 0.15) is 46.0 Å². The van der Waals surface area contributed by atoms with E-state index in [0.717, 1.165) is 11.8 Å². The van der Waals surface area contributed by atoms with E-state index in [4.69, 9.17) is 4.74 Å². The summed E-state index contributed by atoms with van der Waals surface area (Å²) in [6, 6.07) is 0. The third kappa shape index (κ3) is 1.28. The van der Waals surface area contributed by atoms with Crippen molar-refractivity contribution in [2.45, 2.75) is 46.0 Å². The molecule has 90 valence electrons. The van der Waals surface area contributed by atoms with Gasteiger partial charge in [-0.15, -0.1) is 0 Å². The van der Waals surface area contributed by atoms with Crippen LogP contribution in [0.15, 0.2) is 0 Å². The Morgan fingerprint density at radius 2 is 2.06 bits per heavy atom. The van der Waals surface area contributed by atoms with E-state index in [1.165, 1.54) is 32.1 Å². The number of cyclic esters (lactones) is 1. The molecule has 0 aromatic heterocycles. The molecule has 0 amide bonds. The molecule has 2 aliphatic carbocycles. The Hall–Kier alpha value is -0.530. The Balaban J connectivity index is 1.90. The van der Waals surface area contributed by atoms with E-state index >= 15 is 0 Å². The molecule has 0 spiro atoms. The highest BCUT2D eigenvalue weighted by molar-refractivity contribution is 5.79. The van der Waals surface area contributed by atoms with Crippen LogP contribution in [0.3, 0.4) is 0 Å². The van der Waals surface area contributed by atoms with E-state index in [2.05, 4.69) is 13.8 Å². The van der Waals surface area contributed by atoms with Crippen LogP contribution in [0.4, 0.5) is 0 Å². The first kappa shape index (κ1) is 10.6. The van der Waals surface area contributed by atoms with Crippen LogP contribution in [0, 0.1) is 29.1 Å². The van der Waals surface area contributed by atoms with Gasteiger partial charge in [-0.2, -0.15) is 0 Å². The molecular weight excluding hydrogens is 200 g/mol. The van der Waals surface area contributed by atoms with E-state index in [-0.39, 0.29) is 11.4 Å². The van der Waals surface area contributed by atoms with Crippen LogP contribution in [0.2, 0.25) is 0 Å². The molecule has 3 aliphatic rings. The number of ether oxygens (including phenoxy) is 1. The summed E-state index contributed by atoms with van der Waals surface area (Å²) < 4.78 is 5.34. The highest BCUT2D eigenvalue weighted by Gasteiger charge is 2.58. The van der Waals surface area contributed by atoms with Gasteiger partial charge < -0.3 is 4.74 Å². The van der Waals surface area contributed by atoms with Crippen molar-refractivity contribution >= 4 is 5.97 Å². The van der Waals surface area contributed by atoms with Crippen molar-refractivity contribution in [2.24, 2.45) is 29.1 Å². The summed E-state index contributed by atoms with van der Waals surface area (Å²) in [7, 11) is 0. The SMILES string of the molecule is CC1CCC2C(CCC3COC(=O)C32C)C1. The number of rotatable bonds is 0. The molecule has 16 heavy (non-hydrogen) atoms. The summed E-state index contributed by atoms with van der Waals surface area (Å²) in [5, 5.41) is 0. The van der Waals surface area contributed by atoms with Crippen LogP contribution in [0.25, 0.3) is 0 Å². The minimum atomic E-state index is -0.136. The van der Waals surface area contributed by atoms with Gasteiger partial charge in [0, 0.05) is 5.92 Å². The second-order valence-corrected chi connectivity index (χ2v) is 6.44. The molecular formula is C14H22O2. The molecule has 0 bridgehead atoms. The lowest BCUT2D eigenvalue weighted by Crippen LogP contribution is -2.47. The van der Waals surface area contributed by atoms with Gasteiger partial charge in [0.15, 0.2) is 0 Å². The van der Waals surface area contributed by atoms with Crippen LogP contribution in [-0.2, 0) is 9.53 Å². The fourth-order valence-electron chi connectivity index (χ4n) is 4.53. The lowest BCUT2D eigenvalue weighted by atomic mass is 9.53. The maximum Gasteiger partial charge on any atom is 0.312 e. The Kier molecular flexibility index (Phi) is 2.31. The standard InChI is InChI=1S/C14H22O2/c1-9-3-6-12-10(7-9)4-5-11-8-16-13(15)14(11,12)2/h9-12H,3-8H2,1-2H3. The monoisotopic (exact) mass is 222 g/mol. The largest absolute Gasteiger partial charge is 0.465 e. The fraction of sp³-hybridized carbons (Fsp3) is 0.929. The van der Waals surface area contributed by atoms with Crippen molar-refractivity contribution in [1.82, 2.24) is 0 Å². The lowest BCUT2D eigenvalue weighted by molar-refractivity contribution is -0.152. The summed E-state index contributed by atoms with van der Waals surface area (Å²) in [5.74, 6) is 2.86. The molecule has 0 aromatic carbocycles. The van der Waals surface area contributed by atoms with Gasteiger partial charge in [0.25, 0.3) is 0 Å². The molecule has 5 unspecified atom stereocenters. The molecule has 0 radical (unpaired) electrons. The molecule has 2 saturated carbocycles. The smallest absolute Gasteiger partial charge is 0.312 e. The average Bonchev–Trinajstić information content (AvgIpc) is 2.55. The predicted molar refractivity (Wildman–Crippen MR) is 61.8 cm³/mol. The zero-order chi connectivity index (χ0) is 11.3. The van der Waals surface area contributed by atoms with Gasteiger partial charge >= 0.3 is 5.97 Å². The highest BCUT2D eigenvalue weighted by Crippen LogP contribution is 2.57. The van der Waals surface area contributed by atoms with Gasteiger partial charge in [-0.05, 0) is 50.4 Å². The van der Waals surface area contributed by atoms with E-state index in [1.807, 2.05) is 0 Å². The first-order valence-electron chi connectivity index (χ1n) is 6.79. The maximum atomic E-state index is 12.0. The fourth-order valence-corrected chi connectivity index (χ4v) is 4.53. The van der Waals surface area contributed by atoms with E-state index in [0.29, 0.717) is 18.4 Å². The Labute approximate surface area is 97.7 Å². The molecule has 0 N–H and O–H groups in total. The molecule has 1 aliphatic heterocycles. The first-order chi connectivity index (χ1) is 7.62. The van der Waals surface area contributed by atoms with E-state index < -0.39 is 0 Å². The van der Waals surface area contributed by atoms with Crippen molar-refractivity contribution in [3.8, 4) is 0 Å². The van der Waals surface area contributed by atoms with Gasteiger partial charge in [0.1, 0.15) is 0 Å². The Morgan fingerprint density at radius 1 is 1.25 bits per heavy atom. The number of carbonyl (C=O) groups excluding carboxylic acids is 1. The van der Waals surface area contributed by atoms with Gasteiger partial charge in [0.2, 0.25) is 0 Å². The van der Waals surface area contributed by atoms with Crippen molar-refractivity contribution in [3.05, 3.63) is 0 Å². The van der Waals surface area contributed by atoms with Crippen molar-refractivity contribution < 1.29 is 9.53 Å². The minimum absolute atomic E-state index is 0.0988. The summed E-state index contributed by atoms with van der Waals surface area (Å²) in [6.07, 6.45) is 6.41. The van der Waals surface area contributed by atoms with E-state index in [1.54, 1.807) is 0 Å². The third-order valence-electron chi connectivity index (χ3n) is 5.60. The molecule has 3 fully saturated rings. The first-order valence-corrected chi connectivity index (χ1v) is 6.79. The predicted octanol–water partition coefficient (Wildman–Crippen LogP) is 3.01. The highest BCUT2D eigenvalue weighted by atomic mass is 16.5. The summed E-state index contributed by atoms with van der Waals surface area (Å²) in [6.45, 7) is 5.23. The van der Waals surface area contributed by atoms with Crippen molar-refractivity contribution in [1.29, 1.82) is 0 Å². The zero-order valence-electron chi connectivity index (χ0n) is 10.4. The summed E-state index contributed by atoms with van der Waals surface area (Å²) >= 11 is 0. The van der Waals surface area contributed by atoms with Gasteiger partial charge in [-0.25, -0.2) is 0 Å².